The first-order valence-corrected chi connectivity index (χ1v) is 9.31. The molecule has 1 aliphatic rings. The van der Waals surface area contributed by atoms with Crippen LogP contribution in [0.4, 0.5) is 10.1 Å². The zero-order chi connectivity index (χ0) is 16.4. The second-order valence-corrected chi connectivity index (χ2v) is 7.53. The lowest BCUT2D eigenvalue weighted by atomic mass is 9.98. The van der Waals surface area contributed by atoms with Crippen LogP contribution in [0.3, 0.4) is 0 Å². The van der Waals surface area contributed by atoms with Crippen LogP contribution in [0.2, 0.25) is 0 Å². The quantitative estimate of drug-likeness (QED) is 0.818. The molecule has 2 aromatic rings. The van der Waals surface area contributed by atoms with E-state index in [-0.39, 0.29) is 24.2 Å². The second kappa shape index (κ2) is 7.11. The highest BCUT2D eigenvalue weighted by Crippen LogP contribution is 2.34. The van der Waals surface area contributed by atoms with Crippen molar-refractivity contribution in [3.05, 3.63) is 50.4 Å². The van der Waals surface area contributed by atoms with Crippen molar-refractivity contribution in [2.75, 3.05) is 18.4 Å². The molecule has 1 amide bonds. The highest BCUT2D eigenvalue weighted by molar-refractivity contribution is 9.10. The standard InChI is InChI=1S/C17H18BrFN2OS/c1-2-15-12-6-8-23-16(12)5-7-21(15)10-17(22)20-14-4-3-11(18)9-13(14)19/h3-4,6,8-9,15H,2,5,7,10H2,1H3,(H,20,22). The van der Waals surface area contributed by atoms with Crippen molar-refractivity contribution >= 4 is 38.9 Å². The maximum Gasteiger partial charge on any atom is 0.238 e. The summed E-state index contributed by atoms with van der Waals surface area (Å²) < 4.78 is 14.5. The third-order valence-corrected chi connectivity index (χ3v) is 5.63. The Morgan fingerprint density at radius 2 is 2.30 bits per heavy atom. The number of benzene rings is 1. The summed E-state index contributed by atoms with van der Waals surface area (Å²) in [4.78, 5) is 15.9. The van der Waals surface area contributed by atoms with Gasteiger partial charge in [-0.15, -0.1) is 11.3 Å². The number of carbonyl (C=O) groups excluding carboxylic acids is 1. The number of carbonyl (C=O) groups is 1. The molecule has 0 aliphatic carbocycles. The summed E-state index contributed by atoms with van der Waals surface area (Å²) in [5.74, 6) is -0.609. The van der Waals surface area contributed by atoms with Crippen molar-refractivity contribution in [3.63, 3.8) is 0 Å². The smallest absolute Gasteiger partial charge is 0.238 e. The van der Waals surface area contributed by atoms with Gasteiger partial charge < -0.3 is 5.32 Å². The van der Waals surface area contributed by atoms with Gasteiger partial charge in [0.25, 0.3) is 0 Å². The van der Waals surface area contributed by atoms with Crippen molar-refractivity contribution in [2.45, 2.75) is 25.8 Å². The van der Waals surface area contributed by atoms with E-state index in [1.165, 1.54) is 16.5 Å². The monoisotopic (exact) mass is 396 g/mol. The van der Waals surface area contributed by atoms with Gasteiger partial charge in [0.05, 0.1) is 12.2 Å². The SMILES string of the molecule is CCC1c2ccsc2CCN1CC(=O)Nc1ccc(Br)cc1F. The average molecular weight is 397 g/mol. The van der Waals surface area contributed by atoms with Crippen LogP contribution in [0.1, 0.15) is 29.8 Å². The molecule has 1 aromatic carbocycles. The Morgan fingerprint density at radius 1 is 1.48 bits per heavy atom. The van der Waals surface area contributed by atoms with E-state index in [1.807, 2.05) is 0 Å². The fourth-order valence-corrected chi connectivity index (χ4v) is 4.34. The van der Waals surface area contributed by atoms with Gasteiger partial charge in [-0.25, -0.2) is 4.39 Å². The van der Waals surface area contributed by atoms with Crippen LogP contribution in [-0.2, 0) is 11.2 Å². The zero-order valence-electron chi connectivity index (χ0n) is 12.8. The topological polar surface area (TPSA) is 32.3 Å². The first-order chi connectivity index (χ1) is 11.1. The van der Waals surface area contributed by atoms with Gasteiger partial charge in [-0.2, -0.15) is 0 Å². The number of hydrogen-bond donors (Lipinski definition) is 1. The largest absolute Gasteiger partial charge is 0.322 e. The molecule has 1 N–H and O–H groups in total. The molecule has 0 radical (unpaired) electrons. The van der Waals surface area contributed by atoms with Gasteiger partial charge in [-0.05, 0) is 48.1 Å². The van der Waals surface area contributed by atoms with Gasteiger partial charge in [-0.1, -0.05) is 22.9 Å². The summed E-state index contributed by atoms with van der Waals surface area (Å²) in [7, 11) is 0. The second-order valence-electron chi connectivity index (χ2n) is 5.62. The lowest BCUT2D eigenvalue weighted by Crippen LogP contribution is -2.40. The lowest BCUT2D eigenvalue weighted by Gasteiger charge is -2.34. The number of thiophene rings is 1. The third kappa shape index (κ3) is 3.65. The molecule has 0 fully saturated rings. The van der Waals surface area contributed by atoms with Crippen LogP contribution in [-0.4, -0.2) is 23.9 Å². The molecule has 23 heavy (non-hydrogen) atoms. The summed E-state index contributed by atoms with van der Waals surface area (Å²) in [5.41, 5.74) is 1.56. The fourth-order valence-electron chi connectivity index (χ4n) is 3.08. The molecule has 0 bridgehead atoms. The number of nitrogens with one attached hydrogen (secondary N) is 1. The van der Waals surface area contributed by atoms with E-state index in [1.54, 1.807) is 23.5 Å². The molecule has 1 atom stereocenters. The average Bonchev–Trinajstić information content (AvgIpc) is 2.98. The number of nitrogens with zero attached hydrogens (tertiary/aromatic N) is 1. The number of fused-ring (bicyclic) bond motifs is 1. The van der Waals surface area contributed by atoms with Crippen LogP contribution < -0.4 is 5.32 Å². The Hall–Kier alpha value is -1.24. The van der Waals surface area contributed by atoms with Gasteiger partial charge in [0.1, 0.15) is 5.82 Å². The predicted octanol–water partition coefficient (Wildman–Crippen LogP) is 4.60. The molecule has 0 spiro atoms. The fraction of sp³-hybridized carbons (Fsp3) is 0.353. The Balaban J connectivity index is 1.68. The summed E-state index contributed by atoms with van der Waals surface area (Å²) in [6.07, 6.45) is 1.94. The Labute approximate surface area is 147 Å². The molecular weight excluding hydrogens is 379 g/mol. The molecule has 2 heterocycles. The van der Waals surface area contributed by atoms with Crippen LogP contribution in [0.15, 0.2) is 34.1 Å². The minimum absolute atomic E-state index is 0.177. The van der Waals surface area contributed by atoms with Crippen LogP contribution in [0.25, 0.3) is 0 Å². The van der Waals surface area contributed by atoms with E-state index < -0.39 is 5.82 Å². The minimum Gasteiger partial charge on any atom is -0.322 e. The molecule has 6 heteroatoms. The van der Waals surface area contributed by atoms with Crippen LogP contribution >= 0.6 is 27.3 Å². The van der Waals surface area contributed by atoms with E-state index in [0.717, 1.165) is 19.4 Å². The van der Waals surface area contributed by atoms with Crippen LogP contribution in [0, 0.1) is 5.82 Å². The Kier molecular flexibility index (Phi) is 5.14. The molecule has 1 unspecified atom stereocenters. The molecule has 1 aromatic heterocycles. The molecule has 3 rings (SSSR count). The van der Waals surface area contributed by atoms with Gasteiger partial charge >= 0.3 is 0 Å². The maximum absolute atomic E-state index is 13.8. The molecular formula is C17H18BrFN2OS. The first-order valence-electron chi connectivity index (χ1n) is 7.63. The van der Waals surface area contributed by atoms with Crippen molar-refractivity contribution in [1.82, 2.24) is 4.90 Å². The summed E-state index contributed by atoms with van der Waals surface area (Å²) in [6.45, 7) is 3.28. The number of halogens is 2. The number of anilines is 1. The van der Waals surface area contributed by atoms with E-state index in [9.17, 15) is 9.18 Å². The van der Waals surface area contributed by atoms with Crippen molar-refractivity contribution in [1.29, 1.82) is 0 Å². The third-order valence-electron chi connectivity index (χ3n) is 4.14. The number of amides is 1. The lowest BCUT2D eigenvalue weighted by molar-refractivity contribution is -0.118. The van der Waals surface area contributed by atoms with Crippen molar-refractivity contribution < 1.29 is 9.18 Å². The van der Waals surface area contributed by atoms with Gasteiger partial charge in [0, 0.05) is 21.9 Å². The van der Waals surface area contributed by atoms with Gasteiger partial charge in [0.2, 0.25) is 5.91 Å². The van der Waals surface area contributed by atoms with E-state index in [0.29, 0.717) is 4.47 Å². The predicted molar refractivity (Wildman–Crippen MR) is 95.4 cm³/mol. The first kappa shape index (κ1) is 16.6. The molecule has 1 aliphatic heterocycles. The van der Waals surface area contributed by atoms with Gasteiger partial charge in [-0.3, -0.25) is 9.69 Å². The normalized spacial score (nSPS) is 17.8. The van der Waals surface area contributed by atoms with E-state index in [4.69, 9.17) is 0 Å². The summed E-state index contributed by atoms with van der Waals surface area (Å²) >= 11 is 5.00. The highest BCUT2D eigenvalue weighted by Gasteiger charge is 2.28. The molecule has 3 nitrogen and oxygen atoms in total. The highest BCUT2D eigenvalue weighted by atomic mass is 79.9. The van der Waals surface area contributed by atoms with E-state index in [2.05, 4.69) is 44.5 Å². The van der Waals surface area contributed by atoms with Crippen LogP contribution in [0.5, 0.6) is 0 Å². The van der Waals surface area contributed by atoms with Crippen molar-refractivity contribution in [3.8, 4) is 0 Å². The Bertz CT molecular complexity index is 718. The Morgan fingerprint density at radius 3 is 3.04 bits per heavy atom. The maximum atomic E-state index is 13.8. The number of rotatable bonds is 4. The molecule has 0 saturated carbocycles. The summed E-state index contributed by atoms with van der Waals surface area (Å²) in [6, 6.07) is 7.06. The molecule has 122 valence electrons. The minimum atomic E-state index is -0.432. The summed E-state index contributed by atoms with van der Waals surface area (Å²) in [5, 5.41) is 4.79. The zero-order valence-corrected chi connectivity index (χ0v) is 15.2. The van der Waals surface area contributed by atoms with E-state index >= 15 is 0 Å². The molecule has 0 saturated heterocycles. The number of hydrogen-bond acceptors (Lipinski definition) is 3. The van der Waals surface area contributed by atoms with Crippen molar-refractivity contribution in [2.24, 2.45) is 0 Å². The van der Waals surface area contributed by atoms with Gasteiger partial charge in [0.15, 0.2) is 0 Å².